The van der Waals surface area contributed by atoms with Crippen LogP contribution >= 0.6 is 0 Å². The van der Waals surface area contributed by atoms with Gasteiger partial charge in [0.05, 0.1) is 18.6 Å². The molecule has 0 bridgehead atoms. The molecule has 10 heteroatoms. The van der Waals surface area contributed by atoms with Gasteiger partial charge in [-0.1, -0.05) is 6.07 Å². The molecule has 0 spiro atoms. The third kappa shape index (κ3) is 3.89. The number of aromatic nitrogens is 3. The molecule has 0 unspecified atom stereocenters. The van der Waals surface area contributed by atoms with Gasteiger partial charge in [-0.15, -0.1) is 10.2 Å². The van der Waals surface area contributed by atoms with Crippen molar-refractivity contribution in [2.75, 3.05) is 30.4 Å². The first kappa shape index (κ1) is 20.0. The highest BCUT2D eigenvalue weighted by Gasteiger charge is 2.35. The predicted molar refractivity (Wildman–Crippen MR) is 105 cm³/mol. The Kier molecular flexibility index (Phi) is 5.23. The van der Waals surface area contributed by atoms with E-state index >= 15 is 0 Å². The van der Waals surface area contributed by atoms with Crippen molar-refractivity contribution in [1.29, 1.82) is 0 Å². The van der Waals surface area contributed by atoms with Crippen molar-refractivity contribution in [3.05, 3.63) is 48.2 Å². The van der Waals surface area contributed by atoms with Gasteiger partial charge in [0, 0.05) is 25.0 Å². The Morgan fingerprint density at radius 1 is 1.23 bits per heavy atom. The topological polar surface area (TPSA) is 71.8 Å². The highest BCUT2D eigenvalue weighted by molar-refractivity contribution is 5.93. The molecule has 2 aromatic heterocycles. The average molecular weight is 419 g/mol. The first-order chi connectivity index (χ1) is 14.4. The summed E-state index contributed by atoms with van der Waals surface area (Å²) in [6.45, 7) is 1.13. The van der Waals surface area contributed by atoms with E-state index in [0.29, 0.717) is 24.6 Å². The maximum atomic E-state index is 13.2. The van der Waals surface area contributed by atoms with Crippen LogP contribution in [0, 0.1) is 5.92 Å². The number of methoxy groups -OCH3 is 1. The standard InChI is InChI=1S/C20H20F3N5O2/c1-30-16-8-7-14(11-15(16)20(21,22)23)24-18(29)13-5-4-9-27(12-13)19-26-25-17-6-2-3-10-28(17)19/h2-3,6-8,10-11,13H,4-5,9,12H2,1H3,(H,24,29)/t13-/m0/s1. The van der Waals surface area contributed by atoms with Crippen LogP contribution in [0.25, 0.3) is 5.65 Å². The molecule has 0 saturated carbocycles. The number of ether oxygens (including phenoxy) is 1. The fourth-order valence-corrected chi connectivity index (χ4v) is 3.67. The van der Waals surface area contributed by atoms with Gasteiger partial charge in [-0.3, -0.25) is 9.20 Å². The van der Waals surface area contributed by atoms with Gasteiger partial charge in [0.25, 0.3) is 0 Å². The van der Waals surface area contributed by atoms with Crippen LogP contribution in [-0.4, -0.2) is 40.7 Å². The predicted octanol–water partition coefficient (Wildman–Crippen LogP) is 3.61. The fraction of sp³-hybridized carbons (Fsp3) is 0.350. The molecule has 1 amide bonds. The van der Waals surface area contributed by atoms with Gasteiger partial charge in [0.2, 0.25) is 11.9 Å². The molecule has 0 radical (unpaired) electrons. The number of hydrogen-bond donors (Lipinski definition) is 1. The van der Waals surface area contributed by atoms with Crippen LogP contribution in [-0.2, 0) is 11.0 Å². The van der Waals surface area contributed by atoms with Crippen molar-refractivity contribution < 1.29 is 22.7 Å². The summed E-state index contributed by atoms with van der Waals surface area (Å²) in [6, 6.07) is 9.07. The number of piperidine rings is 1. The van der Waals surface area contributed by atoms with Gasteiger partial charge in [0.1, 0.15) is 5.75 Å². The molecule has 3 heterocycles. The van der Waals surface area contributed by atoms with Gasteiger partial charge >= 0.3 is 6.18 Å². The van der Waals surface area contributed by atoms with E-state index in [-0.39, 0.29) is 23.3 Å². The largest absolute Gasteiger partial charge is 0.496 e. The number of alkyl halides is 3. The van der Waals surface area contributed by atoms with Gasteiger partial charge in [0.15, 0.2) is 5.65 Å². The van der Waals surface area contributed by atoms with Gasteiger partial charge < -0.3 is 15.0 Å². The summed E-state index contributed by atoms with van der Waals surface area (Å²) in [5.41, 5.74) is -0.141. The molecule has 1 aromatic carbocycles. The molecular formula is C20H20F3N5O2. The monoisotopic (exact) mass is 419 g/mol. The van der Waals surface area contributed by atoms with E-state index in [1.165, 1.54) is 19.2 Å². The molecule has 158 valence electrons. The minimum absolute atomic E-state index is 0.0816. The summed E-state index contributed by atoms with van der Waals surface area (Å²) >= 11 is 0. The third-order valence-electron chi connectivity index (χ3n) is 5.14. The molecule has 7 nitrogen and oxygen atoms in total. The Bertz CT molecular complexity index is 1070. The van der Waals surface area contributed by atoms with E-state index in [1.807, 2.05) is 33.7 Å². The van der Waals surface area contributed by atoms with Crippen molar-refractivity contribution in [1.82, 2.24) is 14.6 Å². The quantitative estimate of drug-likeness (QED) is 0.700. The summed E-state index contributed by atoms with van der Waals surface area (Å²) in [6.07, 6.45) is -1.33. The zero-order chi connectivity index (χ0) is 21.3. The van der Waals surface area contributed by atoms with E-state index in [4.69, 9.17) is 4.74 Å². The summed E-state index contributed by atoms with van der Waals surface area (Å²) in [7, 11) is 1.17. The van der Waals surface area contributed by atoms with Crippen molar-refractivity contribution in [3.63, 3.8) is 0 Å². The van der Waals surface area contributed by atoms with Crippen molar-refractivity contribution in [3.8, 4) is 5.75 Å². The number of halogens is 3. The summed E-state index contributed by atoms with van der Waals surface area (Å²) < 4.78 is 46.3. The van der Waals surface area contributed by atoms with E-state index in [1.54, 1.807) is 0 Å². The zero-order valence-corrected chi connectivity index (χ0v) is 16.2. The third-order valence-corrected chi connectivity index (χ3v) is 5.14. The highest BCUT2D eigenvalue weighted by atomic mass is 19.4. The molecule has 4 rings (SSSR count). The molecular weight excluding hydrogens is 399 g/mol. The van der Waals surface area contributed by atoms with Crippen LogP contribution in [0.15, 0.2) is 42.6 Å². The molecule has 1 aliphatic heterocycles. The second-order valence-electron chi connectivity index (χ2n) is 7.12. The minimum Gasteiger partial charge on any atom is -0.496 e. The van der Waals surface area contributed by atoms with Gasteiger partial charge in [-0.05, 0) is 43.2 Å². The number of benzene rings is 1. The van der Waals surface area contributed by atoms with E-state index in [9.17, 15) is 18.0 Å². The summed E-state index contributed by atoms with van der Waals surface area (Å²) in [5.74, 6) is -0.354. The van der Waals surface area contributed by atoms with Gasteiger partial charge in [-0.2, -0.15) is 13.2 Å². The Morgan fingerprint density at radius 2 is 2.07 bits per heavy atom. The van der Waals surface area contributed by atoms with Crippen LogP contribution < -0.4 is 15.0 Å². The number of amides is 1. The second kappa shape index (κ2) is 7.85. The summed E-state index contributed by atoms with van der Waals surface area (Å²) in [4.78, 5) is 14.7. The van der Waals surface area contributed by atoms with Crippen LogP contribution in [0.3, 0.4) is 0 Å². The van der Waals surface area contributed by atoms with Crippen LogP contribution in [0.5, 0.6) is 5.75 Å². The molecule has 1 atom stereocenters. The smallest absolute Gasteiger partial charge is 0.420 e. The second-order valence-corrected chi connectivity index (χ2v) is 7.12. The molecule has 30 heavy (non-hydrogen) atoms. The zero-order valence-electron chi connectivity index (χ0n) is 16.2. The number of nitrogens with zero attached hydrogens (tertiary/aromatic N) is 4. The van der Waals surface area contributed by atoms with Crippen molar-refractivity contribution in [2.45, 2.75) is 19.0 Å². The number of hydrogen-bond acceptors (Lipinski definition) is 5. The lowest BCUT2D eigenvalue weighted by atomic mass is 9.97. The number of nitrogens with one attached hydrogen (secondary N) is 1. The molecule has 1 aliphatic rings. The summed E-state index contributed by atoms with van der Waals surface area (Å²) in [5, 5.41) is 11.0. The number of fused-ring (bicyclic) bond motifs is 1. The van der Waals surface area contributed by atoms with Crippen LogP contribution in [0.2, 0.25) is 0 Å². The fourth-order valence-electron chi connectivity index (χ4n) is 3.67. The van der Waals surface area contributed by atoms with E-state index in [2.05, 4.69) is 15.5 Å². The van der Waals surface area contributed by atoms with Crippen LogP contribution in [0.1, 0.15) is 18.4 Å². The Morgan fingerprint density at radius 3 is 2.83 bits per heavy atom. The van der Waals surface area contributed by atoms with Gasteiger partial charge in [-0.25, -0.2) is 0 Å². The van der Waals surface area contributed by atoms with Crippen molar-refractivity contribution >= 4 is 23.2 Å². The first-order valence-electron chi connectivity index (χ1n) is 9.47. The Labute approximate surface area is 170 Å². The normalized spacial score (nSPS) is 17.2. The van der Waals surface area contributed by atoms with E-state index < -0.39 is 11.7 Å². The number of carbonyl (C=O) groups excluding carboxylic acids is 1. The van der Waals surface area contributed by atoms with Crippen LogP contribution in [0.4, 0.5) is 24.8 Å². The lowest BCUT2D eigenvalue weighted by molar-refractivity contribution is -0.138. The molecule has 1 N–H and O–H groups in total. The number of pyridine rings is 1. The molecule has 0 aliphatic carbocycles. The number of rotatable bonds is 4. The number of carbonyl (C=O) groups is 1. The molecule has 1 fully saturated rings. The molecule has 3 aromatic rings. The SMILES string of the molecule is COc1ccc(NC(=O)[C@H]2CCCN(c3nnc4ccccn34)C2)cc1C(F)(F)F. The van der Waals surface area contributed by atoms with Crippen molar-refractivity contribution in [2.24, 2.45) is 5.92 Å². The first-order valence-corrected chi connectivity index (χ1v) is 9.47. The molecule has 1 saturated heterocycles. The lowest BCUT2D eigenvalue weighted by Crippen LogP contribution is -2.41. The average Bonchev–Trinajstić information content (AvgIpc) is 3.17. The maximum absolute atomic E-state index is 13.2. The Hall–Kier alpha value is -3.30. The van der Waals surface area contributed by atoms with E-state index in [0.717, 1.165) is 19.0 Å². The maximum Gasteiger partial charge on any atom is 0.420 e. The number of anilines is 2. The highest BCUT2D eigenvalue weighted by Crippen LogP contribution is 2.38. The lowest BCUT2D eigenvalue weighted by Gasteiger charge is -2.32. The minimum atomic E-state index is -4.58. The Balaban J connectivity index is 1.50.